The van der Waals surface area contributed by atoms with Crippen LogP contribution in [0, 0.1) is 0 Å². The number of halogens is 1. The van der Waals surface area contributed by atoms with Crippen LogP contribution in [0.5, 0.6) is 5.75 Å². The third-order valence-corrected chi connectivity index (χ3v) is 3.43. The molecule has 1 fully saturated rings. The van der Waals surface area contributed by atoms with Gasteiger partial charge in [0.1, 0.15) is 11.6 Å². The minimum absolute atomic E-state index is 0.00886. The smallest absolute Gasteiger partial charge is 0.260 e. The maximum Gasteiger partial charge on any atom is 0.260 e. The van der Waals surface area contributed by atoms with Crippen molar-refractivity contribution in [3.05, 3.63) is 30.3 Å². The van der Waals surface area contributed by atoms with Crippen molar-refractivity contribution in [2.75, 3.05) is 38.7 Å². The highest BCUT2D eigenvalue weighted by molar-refractivity contribution is 6.27. The molecule has 0 aromatic heterocycles. The number of carbonyl (C=O) groups is 2. The van der Waals surface area contributed by atoms with Crippen LogP contribution in [0.15, 0.2) is 30.3 Å². The summed E-state index contributed by atoms with van der Waals surface area (Å²) < 4.78 is 5.42. The van der Waals surface area contributed by atoms with Crippen LogP contribution in [-0.4, -0.2) is 60.3 Å². The first-order chi connectivity index (χ1) is 9.70. The quantitative estimate of drug-likeness (QED) is 0.778. The standard InChI is InChI=1S/C14H17ClN2O3/c15-10-13(18)16-6-8-17(9-7-16)14(19)11-20-12-4-2-1-3-5-12/h1-5H,6-11H2. The number of amides is 2. The Labute approximate surface area is 123 Å². The monoisotopic (exact) mass is 296 g/mol. The van der Waals surface area contributed by atoms with Gasteiger partial charge in [-0.1, -0.05) is 18.2 Å². The Morgan fingerprint density at radius 3 is 2.10 bits per heavy atom. The first-order valence-electron chi connectivity index (χ1n) is 6.50. The van der Waals surface area contributed by atoms with Crippen molar-refractivity contribution in [1.82, 2.24) is 9.80 Å². The Morgan fingerprint density at radius 2 is 1.55 bits per heavy atom. The van der Waals surface area contributed by atoms with Crippen molar-refractivity contribution in [2.24, 2.45) is 0 Å². The molecule has 1 aromatic rings. The van der Waals surface area contributed by atoms with Crippen LogP contribution in [0.25, 0.3) is 0 Å². The van der Waals surface area contributed by atoms with Crippen molar-refractivity contribution in [3.63, 3.8) is 0 Å². The highest BCUT2D eigenvalue weighted by Gasteiger charge is 2.23. The summed E-state index contributed by atoms with van der Waals surface area (Å²) in [6.45, 7) is 2.14. The minimum Gasteiger partial charge on any atom is -0.484 e. The number of hydrogen-bond acceptors (Lipinski definition) is 3. The molecule has 1 aromatic carbocycles. The molecule has 2 rings (SSSR count). The Bertz CT molecular complexity index is 459. The second-order valence-corrected chi connectivity index (χ2v) is 4.76. The van der Waals surface area contributed by atoms with Gasteiger partial charge in [0.15, 0.2) is 6.61 Å². The number of ether oxygens (including phenoxy) is 1. The van der Waals surface area contributed by atoms with Crippen LogP contribution in [0.4, 0.5) is 0 Å². The van der Waals surface area contributed by atoms with Gasteiger partial charge in [-0.05, 0) is 12.1 Å². The Hall–Kier alpha value is -1.75. The Kier molecular flexibility index (Phi) is 5.24. The molecular weight excluding hydrogens is 280 g/mol. The predicted molar refractivity (Wildman–Crippen MR) is 75.8 cm³/mol. The molecule has 1 saturated heterocycles. The lowest BCUT2D eigenvalue weighted by molar-refractivity contribution is -0.139. The van der Waals surface area contributed by atoms with Crippen molar-refractivity contribution in [2.45, 2.75) is 0 Å². The second-order valence-electron chi connectivity index (χ2n) is 4.50. The van der Waals surface area contributed by atoms with Gasteiger partial charge in [-0.25, -0.2) is 0 Å². The number of hydrogen-bond donors (Lipinski definition) is 0. The summed E-state index contributed by atoms with van der Waals surface area (Å²) in [4.78, 5) is 26.8. The molecule has 0 spiro atoms. The third kappa shape index (κ3) is 3.87. The van der Waals surface area contributed by atoms with E-state index < -0.39 is 0 Å². The summed E-state index contributed by atoms with van der Waals surface area (Å²) in [5, 5.41) is 0. The topological polar surface area (TPSA) is 49.9 Å². The molecule has 0 unspecified atom stereocenters. The highest BCUT2D eigenvalue weighted by Crippen LogP contribution is 2.09. The van der Waals surface area contributed by atoms with Gasteiger partial charge >= 0.3 is 0 Å². The normalized spacial score (nSPS) is 15.1. The van der Waals surface area contributed by atoms with Gasteiger partial charge in [-0.2, -0.15) is 0 Å². The maximum atomic E-state index is 12.0. The fraction of sp³-hybridized carbons (Fsp3) is 0.429. The van der Waals surface area contributed by atoms with E-state index in [9.17, 15) is 9.59 Å². The lowest BCUT2D eigenvalue weighted by Crippen LogP contribution is -2.51. The van der Waals surface area contributed by atoms with E-state index in [2.05, 4.69) is 0 Å². The van der Waals surface area contributed by atoms with Crippen LogP contribution in [0.1, 0.15) is 0 Å². The zero-order chi connectivity index (χ0) is 14.4. The molecule has 0 atom stereocenters. The average molecular weight is 297 g/mol. The number of rotatable bonds is 4. The molecule has 0 N–H and O–H groups in total. The average Bonchev–Trinajstić information content (AvgIpc) is 2.53. The molecule has 0 bridgehead atoms. The summed E-state index contributed by atoms with van der Waals surface area (Å²) in [7, 11) is 0. The van der Waals surface area contributed by atoms with E-state index in [0.717, 1.165) is 0 Å². The van der Waals surface area contributed by atoms with Gasteiger partial charge in [0.05, 0.1) is 0 Å². The lowest BCUT2D eigenvalue weighted by atomic mass is 10.3. The van der Waals surface area contributed by atoms with Gasteiger partial charge in [0.25, 0.3) is 5.91 Å². The molecule has 0 radical (unpaired) electrons. The second kappa shape index (κ2) is 7.14. The zero-order valence-corrected chi connectivity index (χ0v) is 11.9. The summed E-state index contributed by atoms with van der Waals surface area (Å²) in [6, 6.07) is 9.23. The van der Waals surface area contributed by atoms with E-state index in [0.29, 0.717) is 31.9 Å². The Balaban J connectivity index is 1.76. The molecular formula is C14H17ClN2O3. The van der Waals surface area contributed by atoms with E-state index in [-0.39, 0.29) is 24.3 Å². The highest BCUT2D eigenvalue weighted by atomic mass is 35.5. The van der Waals surface area contributed by atoms with Crippen LogP contribution in [0.3, 0.4) is 0 Å². The zero-order valence-electron chi connectivity index (χ0n) is 11.1. The molecule has 0 saturated carbocycles. The largest absolute Gasteiger partial charge is 0.484 e. The number of benzene rings is 1. The fourth-order valence-corrected chi connectivity index (χ4v) is 2.21. The molecule has 1 aliphatic heterocycles. The summed E-state index contributed by atoms with van der Waals surface area (Å²) in [6.07, 6.45) is 0. The molecule has 5 nitrogen and oxygen atoms in total. The maximum absolute atomic E-state index is 12.0. The number of alkyl halides is 1. The molecule has 2 amide bonds. The number of para-hydroxylation sites is 1. The van der Waals surface area contributed by atoms with Crippen LogP contribution in [-0.2, 0) is 9.59 Å². The minimum atomic E-state index is -0.0840. The van der Waals surface area contributed by atoms with Crippen molar-refractivity contribution < 1.29 is 14.3 Å². The molecule has 20 heavy (non-hydrogen) atoms. The van der Waals surface area contributed by atoms with Gasteiger partial charge in [0.2, 0.25) is 5.91 Å². The first kappa shape index (κ1) is 14.7. The SMILES string of the molecule is O=C(CCl)N1CCN(C(=O)COc2ccccc2)CC1. The number of piperazine rings is 1. The van der Waals surface area contributed by atoms with E-state index in [1.54, 1.807) is 9.80 Å². The molecule has 1 heterocycles. The first-order valence-corrected chi connectivity index (χ1v) is 7.03. The van der Waals surface area contributed by atoms with Crippen molar-refractivity contribution >= 4 is 23.4 Å². The van der Waals surface area contributed by atoms with Crippen LogP contribution in [0.2, 0.25) is 0 Å². The third-order valence-electron chi connectivity index (χ3n) is 3.20. The van der Waals surface area contributed by atoms with Crippen molar-refractivity contribution in [1.29, 1.82) is 0 Å². The van der Waals surface area contributed by atoms with Gasteiger partial charge < -0.3 is 14.5 Å². The van der Waals surface area contributed by atoms with E-state index in [4.69, 9.17) is 16.3 Å². The van der Waals surface area contributed by atoms with E-state index in [1.807, 2.05) is 30.3 Å². The van der Waals surface area contributed by atoms with E-state index >= 15 is 0 Å². The van der Waals surface area contributed by atoms with Gasteiger partial charge in [-0.15, -0.1) is 11.6 Å². The van der Waals surface area contributed by atoms with Gasteiger partial charge in [0, 0.05) is 26.2 Å². The summed E-state index contributed by atoms with van der Waals surface area (Å²) >= 11 is 5.51. The van der Waals surface area contributed by atoms with Gasteiger partial charge in [-0.3, -0.25) is 9.59 Å². The molecule has 6 heteroatoms. The number of carbonyl (C=O) groups excluding carboxylic acids is 2. The summed E-state index contributed by atoms with van der Waals surface area (Å²) in [5.74, 6) is 0.522. The molecule has 0 aliphatic carbocycles. The van der Waals surface area contributed by atoms with Crippen LogP contribution >= 0.6 is 11.6 Å². The molecule has 1 aliphatic rings. The summed E-state index contributed by atoms with van der Waals surface area (Å²) in [5.41, 5.74) is 0. The lowest BCUT2D eigenvalue weighted by Gasteiger charge is -2.34. The number of nitrogens with zero attached hydrogens (tertiary/aromatic N) is 2. The van der Waals surface area contributed by atoms with E-state index in [1.165, 1.54) is 0 Å². The fourth-order valence-electron chi connectivity index (χ4n) is 2.04. The molecule has 108 valence electrons. The van der Waals surface area contributed by atoms with Crippen LogP contribution < -0.4 is 4.74 Å². The Morgan fingerprint density at radius 1 is 1.00 bits per heavy atom. The van der Waals surface area contributed by atoms with Crippen molar-refractivity contribution in [3.8, 4) is 5.75 Å². The predicted octanol–water partition coefficient (Wildman–Crippen LogP) is 0.975.